The molecule has 3 rings (SSSR count). The Hall–Kier alpha value is -3.11. The van der Waals surface area contributed by atoms with Crippen LogP contribution >= 0.6 is 0 Å². The van der Waals surface area contributed by atoms with Crippen molar-refractivity contribution in [3.05, 3.63) is 83.9 Å². The average molecular weight is 347 g/mol. The topological polar surface area (TPSA) is 49.8 Å². The van der Waals surface area contributed by atoms with Crippen LogP contribution in [0.3, 0.4) is 0 Å². The molecule has 4 nitrogen and oxygen atoms in total. The molecular formula is C22H21NO3. The van der Waals surface area contributed by atoms with Gasteiger partial charge < -0.3 is 14.7 Å². The molecule has 0 bridgehead atoms. The number of benzene rings is 3. The first-order valence-corrected chi connectivity index (χ1v) is 8.34. The molecule has 0 aromatic heterocycles. The zero-order chi connectivity index (χ0) is 18.5. The second-order valence-corrected chi connectivity index (χ2v) is 6.00. The van der Waals surface area contributed by atoms with E-state index >= 15 is 0 Å². The number of aliphatic hydroxyl groups is 1. The maximum atomic E-state index is 12.7. The Labute approximate surface area is 153 Å². The van der Waals surface area contributed by atoms with Gasteiger partial charge >= 0.3 is 0 Å². The quantitative estimate of drug-likeness (QED) is 0.755. The van der Waals surface area contributed by atoms with E-state index in [0.717, 1.165) is 28.1 Å². The summed E-state index contributed by atoms with van der Waals surface area (Å²) in [5, 5.41) is 9.17. The van der Waals surface area contributed by atoms with Crippen molar-refractivity contribution in [2.24, 2.45) is 0 Å². The van der Waals surface area contributed by atoms with Crippen LogP contribution in [0.2, 0.25) is 0 Å². The summed E-state index contributed by atoms with van der Waals surface area (Å²) < 4.78 is 5.13. The van der Waals surface area contributed by atoms with E-state index < -0.39 is 0 Å². The van der Waals surface area contributed by atoms with Crippen molar-refractivity contribution in [2.75, 3.05) is 19.1 Å². The zero-order valence-corrected chi connectivity index (χ0v) is 14.8. The summed E-state index contributed by atoms with van der Waals surface area (Å²) in [6, 6.07) is 22.6. The summed E-state index contributed by atoms with van der Waals surface area (Å²) in [5.74, 6) is 0.637. The number of nitrogens with zero attached hydrogens (tertiary/aromatic N) is 1. The molecule has 0 heterocycles. The summed E-state index contributed by atoms with van der Waals surface area (Å²) in [5.41, 5.74) is 4.34. The molecule has 0 radical (unpaired) electrons. The predicted molar refractivity (Wildman–Crippen MR) is 104 cm³/mol. The van der Waals surface area contributed by atoms with Gasteiger partial charge in [0.25, 0.3) is 5.91 Å². The lowest BCUT2D eigenvalue weighted by Gasteiger charge is -2.18. The van der Waals surface area contributed by atoms with E-state index in [1.165, 1.54) is 0 Å². The third-order valence-corrected chi connectivity index (χ3v) is 4.34. The lowest BCUT2D eigenvalue weighted by Crippen LogP contribution is -2.26. The first-order chi connectivity index (χ1) is 12.6. The molecule has 3 aromatic carbocycles. The van der Waals surface area contributed by atoms with Crippen LogP contribution in [-0.2, 0) is 6.61 Å². The number of carbonyl (C=O) groups excluding carboxylic acids is 1. The summed E-state index contributed by atoms with van der Waals surface area (Å²) >= 11 is 0. The number of aliphatic hydroxyl groups excluding tert-OH is 1. The second kappa shape index (κ2) is 7.85. The highest BCUT2D eigenvalue weighted by atomic mass is 16.5. The molecule has 1 amide bonds. The highest BCUT2D eigenvalue weighted by Gasteiger charge is 2.14. The minimum Gasteiger partial charge on any atom is -0.497 e. The molecule has 26 heavy (non-hydrogen) atoms. The monoisotopic (exact) mass is 347 g/mol. The van der Waals surface area contributed by atoms with Crippen LogP contribution in [0.5, 0.6) is 5.75 Å². The Balaban J connectivity index is 1.84. The predicted octanol–water partition coefficient (Wildman–Crippen LogP) is 4.13. The van der Waals surface area contributed by atoms with E-state index in [1.54, 1.807) is 43.3 Å². The summed E-state index contributed by atoms with van der Waals surface area (Å²) in [6.07, 6.45) is 0. The summed E-state index contributed by atoms with van der Waals surface area (Å²) in [4.78, 5) is 14.4. The molecule has 0 aliphatic rings. The van der Waals surface area contributed by atoms with Crippen molar-refractivity contribution < 1.29 is 14.6 Å². The molecule has 0 aliphatic heterocycles. The third-order valence-electron chi connectivity index (χ3n) is 4.34. The van der Waals surface area contributed by atoms with Gasteiger partial charge in [0.2, 0.25) is 0 Å². The first-order valence-electron chi connectivity index (χ1n) is 8.34. The Kier molecular flexibility index (Phi) is 5.34. The van der Waals surface area contributed by atoms with E-state index in [4.69, 9.17) is 9.84 Å². The average Bonchev–Trinajstić information content (AvgIpc) is 2.73. The number of amides is 1. The van der Waals surface area contributed by atoms with Crippen LogP contribution in [-0.4, -0.2) is 25.2 Å². The van der Waals surface area contributed by atoms with Gasteiger partial charge in [0, 0.05) is 18.3 Å². The lowest BCUT2D eigenvalue weighted by molar-refractivity contribution is 0.0993. The number of carbonyl (C=O) groups is 1. The second-order valence-electron chi connectivity index (χ2n) is 6.00. The molecule has 0 fully saturated rings. The van der Waals surface area contributed by atoms with Crippen LogP contribution in [0.4, 0.5) is 5.69 Å². The number of ether oxygens (including phenoxy) is 1. The van der Waals surface area contributed by atoms with Crippen LogP contribution in [0.1, 0.15) is 15.9 Å². The fourth-order valence-corrected chi connectivity index (χ4v) is 2.74. The molecule has 0 saturated carbocycles. The van der Waals surface area contributed by atoms with E-state index in [1.807, 2.05) is 48.5 Å². The number of hydrogen-bond donors (Lipinski definition) is 1. The van der Waals surface area contributed by atoms with Gasteiger partial charge in [-0.2, -0.15) is 0 Å². The molecule has 132 valence electrons. The first kappa shape index (κ1) is 17.7. The zero-order valence-electron chi connectivity index (χ0n) is 14.8. The molecule has 0 saturated heterocycles. The normalized spacial score (nSPS) is 10.4. The number of methoxy groups -OCH3 is 1. The van der Waals surface area contributed by atoms with E-state index in [-0.39, 0.29) is 12.5 Å². The van der Waals surface area contributed by atoms with Crippen molar-refractivity contribution in [1.29, 1.82) is 0 Å². The maximum absolute atomic E-state index is 12.7. The van der Waals surface area contributed by atoms with Gasteiger partial charge in [-0.1, -0.05) is 36.4 Å². The Bertz CT molecular complexity index is 886. The molecule has 0 spiro atoms. The van der Waals surface area contributed by atoms with Crippen molar-refractivity contribution in [1.82, 2.24) is 0 Å². The van der Waals surface area contributed by atoms with E-state index in [9.17, 15) is 4.79 Å². The highest BCUT2D eigenvalue weighted by molar-refractivity contribution is 6.06. The minimum absolute atomic E-state index is 0.0272. The number of hydrogen-bond acceptors (Lipinski definition) is 3. The van der Waals surface area contributed by atoms with Crippen molar-refractivity contribution in [3.63, 3.8) is 0 Å². The largest absolute Gasteiger partial charge is 0.497 e. The number of anilines is 1. The van der Waals surface area contributed by atoms with Crippen molar-refractivity contribution in [3.8, 4) is 16.9 Å². The standard InChI is InChI=1S/C22H21NO3/c1-23(22(25)18-10-12-21(26-2)13-11-18)20-5-3-4-19(14-20)17-8-6-16(15-24)7-9-17/h3-14,24H,15H2,1-2H3. The fraction of sp³-hybridized carbons (Fsp3) is 0.136. The Morgan fingerprint density at radius 1 is 0.962 bits per heavy atom. The molecule has 4 heteroatoms. The third kappa shape index (κ3) is 3.76. The SMILES string of the molecule is COc1ccc(C(=O)N(C)c2cccc(-c3ccc(CO)cc3)c2)cc1. The molecular weight excluding hydrogens is 326 g/mol. The molecule has 3 aromatic rings. The number of rotatable bonds is 5. The van der Waals surface area contributed by atoms with Crippen LogP contribution in [0.15, 0.2) is 72.8 Å². The van der Waals surface area contributed by atoms with Crippen molar-refractivity contribution >= 4 is 11.6 Å². The molecule has 0 unspecified atom stereocenters. The van der Waals surface area contributed by atoms with Gasteiger partial charge in [-0.3, -0.25) is 4.79 Å². The Morgan fingerprint density at radius 2 is 1.65 bits per heavy atom. The summed E-state index contributed by atoms with van der Waals surface area (Å²) in [7, 11) is 3.36. The Morgan fingerprint density at radius 3 is 2.27 bits per heavy atom. The molecule has 1 N–H and O–H groups in total. The molecule has 0 atom stereocenters. The van der Waals surface area contributed by atoms with Crippen molar-refractivity contribution in [2.45, 2.75) is 6.61 Å². The highest BCUT2D eigenvalue weighted by Crippen LogP contribution is 2.26. The smallest absolute Gasteiger partial charge is 0.258 e. The van der Waals surface area contributed by atoms with E-state index in [0.29, 0.717) is 5.56 Å². The van der Waals surface area contributed by atoms with Gasteiger partial charge in [-0.05, 0) is 53.1 Å². The van der Waals surface area contributed by atoms with Gasteiger partial charge in [-0.15, -0.1) is 0 Å². The lowest BCUT2D eigenvalue weighted by atomic mass is 10.0. The van der Waals surface area contributed by atoms with Gasteiger partial charge in [-0.25, -0.2) is 0 Å². The van der Waals surface area contributed by atoms with Gasteiger partial charge in [0.05, 0.1) is 13.7 Å². The fourth-order valence-electron chi connectivity index (χ4n) is 2.74. The van der Waals surface area contributed by atoms with Gasteiger partial charge in [0.1, 0.15) is 5.75 Å². The summed E-state index contributed by atoms with van der Waals surface area (Å²) in [6.45, 7) is 0.0272. The van der Waals surface area contributed by atoms with Gasteiger partial charge in [0.15, 0.2) is 0 Å². The minimum atomic E-state index is -0.0829. The molecule has 0 aliphatic carbocycles. The van der Waals surface area contributed by atoms with Crippen LogP contribution in [0, 0.1) is 0 Å². The van der Waals surface area contributed by atoms with Crippen LogP contribution < -0.4 is 9.64 Å². The van der Waals surface area contributed by atoms with Crippen LogP contribution in [0.25, 0.3) is 11.1 Å². The van der Waals surface area contributed by atoms with E-state index in [2.05, 4.69) is 0 Å². The maximum Gasteiger partial charge on any atom is 0.258 e.